The van der Waals surface area contributed by atoms with Crippen molar-refractivity contribution in [2.75, 3.05) is 20.4 Å². The molecule has 0 spiro atoms. The molecule has 2 N–H and O–H groups in total. The van der Waals surface area contributed by atoms with Crippen molar-refractivity contribution in [1.82, 2.24) is 10.6 Å². The minimum Gasteiger partial charge on any atom is -0.489 e. The lowest BCUT2D eigenvalue weighted by atomic mass is 10.2. The van der Waals surface area contributed by atoms with Gasteiger partial charge in [0.15, 0.2) is 17.5 Å². The molecule has 26 heavy (non-hydrogen) atoms. The Morgan fingerprint density at radius 3 is 2.85 bits per heavy atom. The fourth-order valence-corrected chi connectivity index (χ4v) is 2.51. The summed E-state index contributed by atoms with van der Waals surface area (Å²) in [5, 5.41) is 6.42. The van der Waals surface area contributed by atoms with E-state index in [1.54, 1.807) is 19.2 Å². The van der Waals surface area contributed by atoms with Crippen LogP contribution in [0.1, 0.15) is 12.5 Å². The molecule has 1 aliphatic rings. The number of ether oxygens (including phenoxy) is 3. The molecule has 0 radical (unpaired) electrons. The van der Waals surface area contributed by atoms with Gasteiger partial charge in [0, 0.05) is 19.7 Å². The van der Waals surface area contributed by atoms with Gasteiger partial charge in [-0.05, 0) is 36.8 Å². The van der Waals surface area contributed by atoms with Gasteiger partial charge in [-0.3, -0.25) is 4.99 Å². The molecule has 6 nitrogen and oxygen atoms in total. The fourth-order valence-electron chi connectivity index (χ4n) is 2.51. The second-order valence-corrected chi connectivity index (χ2v) is 5.88. The van der Waals surface area contributed by atoms with Crippen molar-refractivity contribution in [3.63, 3.8) is 0 Å². The highest BCUT2D eigenvalue weighted by Gasteiger charge is 2.13. The Bertz CT molecular complexity index is 782. The Labute approximate surface area is 152 Å². The third-order valence-corrected chi connectivity index (χ3v) is 3.81. The third-order valence-electron chi connectivity index (χ3n) is 3.81. The number of fused-ring (bicyclic) bond motifs is 1. The Balaban J connectivity index is 1.45. The first-order chi connectivity index (χ1) is 12.6. The van der Waals surface area contributed by atoms with Crippen molar-refractivity contribution in [2.24, 2.45) is 4.99 Å². The first-order valence-electron chi connectivity index (χ1n) is 8.39. The van der Waals surface area contributed by atoms with Crippen molar-refractivity contribution in [3.05, 3.63) is 53.8 Å². The molecular formula is C19H22FN3O3. The summed E-state index contributed by atoms with van der Waals surface area (Å²) in [5.41, 5.74) is 1.06. The highest BCUT2D eigenvalue weighted by molar-refractivity contribution is 5.79. The average Bonchev–Trinajstić information content (AvgIpc) is 3.09. The molecule has 2 aromatic carbocycles. The van der Waals surface area contributed by atoms with E-state index in [0.29, 0.717) is 24.8 Å². The lowest BCUT2D eigenvalue weighted by molar-refractivity contribution is 0.174. The predicted octanol–water partition coefficient (Wildman–Crippen LogP) is 2.69. The summed E-state index contributed by atoms with van der Waals surface area (Å²) in [6, 6.07) is 11.9. The molecule has 0 saturated carbocycles. The molecule has 0 aliphatic carbocycles. The number of rotatable bonds is 6. The monoisotopic (exact) mass is 359 g/mol. The minimum atomic E-state index is -0.316. The molecule has 138 valence electrons. The second-order valence-electron chi connectivity index (χ2n) is 5.88. The summed E-state index contributed by atoms with van der Waals surface area (Å²) in [6.07, 6.45) is -0.152. The zero-order valence-corrected chi connectivity index (χ0v) is 14.8. The molecule has 3 rings (SSSR count). The third kappa shape index (κ3) is 4.78. The van der Waals surface area contributed by atoms with Crippen molar-refractivity contribution in [1.29, 1.82) is 0 Å². The van der Waals surface area contributed by atoms with Crippen molar-refractivity contribution in [3.8, 4) is 17.2 Å². The number of guanidine groups is 1. The van der Waals surface area contributed by atoms with Crippen LogP contribution < -0.4 is 24.8 Å². The zero-order chi connectivity index (χ0) is 18.4. The first kappa shape index (κ1) is 17.8. The van der Waals surface area contributed by atoms with Crippen LogP contribution in [0.3, 0.4) is 0 Å². The zero-order valence-electron chi connectivity index (χ0n) is 14.8. The topological polar surface area (TPSA) is 64.1 Å². The molecule has 7 heteroatoms. The van der Waals surface area contributed by atoms with E-state index in [4.69, 9.17) is 14.2 Å². The number of hydrogen-bond donors (Lipinski definition) is 2. The van der Waals surface area contributed by atoms with Gasteiger partial charge in [-0.15, -0.1) is 0 Å². The smallest absolute Gasteiger partial charge is 0.231 e. The maximum atomic E-state index is 13.2. The molecule has 0 saturated heterocycles. The van der Waals surface area contributed by atoms with Crippen molar-refractivity contribution < 1.29 is 18.6 Å². The standard InChI is InChI=1S/C19H22FN3O3/c1-13(26-16-5-3-4-15(20)9-16)10-22-19(21-2)23-11-14-6-7-17-18(8-14)25-12-24-17/h3-9,13H,10-12H2,1-2H3,(H2,21,22,23). The van der Waals surface area contributed by atoms with E-state index < -0.39 is 0 Å². The molecule has 0 aromatic heterocycles. The quantitative estimate of drug-likeness (QED) is 0.613. The van der Waals surface area contributed by atoms with Gasteiger partial charge in [0.1, 0.15) is 17.7 Å². The van der Waals surface area contributed by atoms with Gasteiger partial charge in [-0.25, -0.2) is 4.39 Å². The molecule has 1 atom stereocenters. The van der Waals surface area contributed by atoms with Gasteiger partial charge in [0.2, 0.25) is 6.79 Å². The Morgan fingerprint density at radius 2 is 2.04 bits per heavy atom. The molecule has 0 bridgehead atoms. The largest absolute Gasteiger partial charge is 0.489 e. The molecular weight excluding hydrogens is 337 g/mol. The van der Waals surface area contributed by atoms with Crippen LogP contribution in [-0.4, -0.2) is 32.4 Å². The molecule has 2 aromatic rings. The SMILES string of the molecule is CN=C(NCc1ccc2c(c1)OCO2)NCC(C)Oc1cccc(F)c1. The summed E-state index contributed by atoms with van der Waals surface area (Å²) in [7, 11) is 1.70. The summed E-state index contributed by atoms with van der Waals surface area (Å²) in [4.78, 5) is 4.19. The van der Waals surface area contributed by atoms with Gasteiger partial charge in [-0.2, -0.15) is 0 Å². The first-order valence-corrected chi connectivity index (χ1v) is 8.39. The molecule has 1 unspecified atom stereocenters. The Hall–Kier alpha value is -2.96. The summed E-state index contributed by atoms with van der Waals surface area (Å²) < 4.78 is 29.6. The number of benzene rings is 2. The molecule has 1 heterocycles. The highest BCUT2D eigenvalue weighted by Crippen LogP contribution is 2.32. The lowest BCUT2D eigenvalue weighted by Gasteiger charge is -2.18. The normalized spacial score (nSPS) is 14.0. The van der Waals surface area contributed by atoms with Gasteiger partial charge in [0.05, 0.1) is 6.54 Å². The number of aliphatic imine (C=N–C) groups is 1. The summed E-state index contributed by atoms with van der Waals surface area (Å²) in [6.45, 7) is 3.29. The van der Waals surface area contributed by atoms with Crippen LogP contribution in [0.2, 0.25) is 0 Å². The van der Waals surface area contributed by atoms with E-state index in [1.165, 1.54) is 12.1 Å². The fraction of sp³-hybridized carbons (Fsp3) is 0.316. The van der Waals surface area contributed by atoms with Crippen LogP contribution in [0.4, 0.5) is 4.39 Å². The van der Waals surface area contributed by atoms with Crippen LogP contribution in [0.5, 0.6) is 17.2 Å². The Morgan fingerprint density at radius 1 is 1.19 bits per heavy atom. The second kappa shape index (κ2) is 8.42. The average molecular weight is 359 g/mol. The molecule has 0 fully saturated rings. The van der Waals surface area contributed by atoms with Crippen LogP contribution in [0.15, 0.2) is 47.5 Å². The maximum Gasteiger partial charge on any atom is 0.231 e. The van der Waals surface area contributed by atoms with E-state index in [0.717, 1.165) is 17.1 Å². The number of halogens is 1. The highest BCUT2D eigenvalue weighted by atomic mass is 19.1. The lowest BCUT2D eigenvalue weighted by Crippen LogP contribution is -2.41. The van der Waals surface area contributed by atoms with Gasteiger partial charge in [0.25, 0.3) is 0 Å². The van der Waals surface area contributed by atoms with E-state index in [9.17, 15) is 4.39 Å². The number of hydrogen-bond acceptors (Lipinski definition) is 4. The van der Waals surface area contributed by atoms with E-state index in [2.05, 4.69) is 15.6 Å². The van der Waals surface area contributed by atoms with Gasteiger partial charge >= 0.3 is 0 Å². The molecule has 0 amide bonds. The predicted molar refractivity (Wildman–Crippen MR) is 97.3 cm³/mol. The van der Waals surface area contributed by atoms with Gasteiger partial charge < -0.3 is 24.8 Å². The maximum absolute atomic E-state index is 13.2. The summed E-state index contributed by atoms with van der Waals surface area (Å²) in [5.74, 6) is 2.35. The number of nitrogens with zero attached hydrogens (tertiary/aromatic N) is 1. The van der Waals surface area contributed by atoms with Crippen LogP contribution >= 0.6 is 0 Å². The van der Waals surface area contributed by atoms with Gasteiger partial charge in [-0.1, -0.05) is 12.1 Å². The van der Waals surface area contributed by atoms with Crippen molar-refractivity contribution in [2.45, 2.75) is 19.6 Å². The van der Waals surface area contributed by atoms with Crippen LogP contribution in [0, 0.1) is 5.82 Å². The summed E-state index contributed by atoms with van der Waals surface area (Å²) >= 11 is 0. The van der Waals surface area contributed by atoms with Crippen molar-refractivity contribution >= 4 is 5.96 Å². The van der Waals surface area contributed by atoms with Crippen LogP contribution in [0.25, 0.3) is 0 Å². The van der Waals surface area contributed by atoms with Crippen LogP contribution in [-0.2, 0) is 6.54 Å². The minimum absolute atomic E-state index is 0.152. The van der Waals surface area contributed by atoms with E-state index in [1.807, 2.05) is 25.1 Å². The van der Waals surface area contributed by atoms with E-state index >= 15 is 0 Å². The Kier molecular flexibility index (Phi) is 5.78. The molecule has 1 aliphatic heterocycles. The number of nitrogens with one attached hydrogen (secondary N) is 2. The van der Waals surface area contributed by atoms with E-state index in [-0.39, 0.29) is 18.7 Å².